The van der Waals surface area contributed by atoms with Crippen LogP contribution in [0.1, 0.15) is 82.6 Å². The van der Waals surface area contributed by atoms with Gasteiger partial charge < -0.3 is 191 Å². The number of hydrogen-bond acceptors (Lipinski definition) is 41. The van der Waals surface area contributed by atoms with Crippen LogP contribution >= 0.6 is 0 Å². The van der Waals surface area contributed by atoms with Crippen molar-refractivity contribution in [3.8, 4) is 0 Å². The minimum Gasteiger partial charge on any atom is -0.394 e. The predicted octanol–water partition coefficient (Wildman–Crippen LogP) is -14.3. The smallest absolute Gasteiger partial charge is 0.243 e. The lowest BCUT2D eigenvalue weighted by atomic mass is 9.96. The van der Waals surface area contributed by atoms with Crippen molar-refractivity contribution in [2.75, 3.05) is 105 Å². The van der Waals surface area contributed by atoms with E-state index >= 15 is 0 Å². The van der Waals surface area contributed by atoms with E-state index in [1.54, 1.807) is 12.1 Å². The van der Waals surface area contributed by atoms with Crippen molar-refractivity contribution in [3.63, 3.8) is 0 Å². The van der Waals surface area contributed by atoms with Gasteiger partial charge in [0.15, 0.2) is 37.7 Å². The number of carbonyl (C=O) groups excluding carboxylic acids is 7. The maximum atomic E-state index is 13.4. The number of ether oxygens (including phenoxy) is 12. The van der Waals surface area contributed by atoms with Gasteiger partial charge in [-0.3, -0.25) is 43.8 Å². The molecule has 7 amide bonds. The quantitative estimate of drug-likeness (QED) is 0.0269. The van der Waals surface area contributed by atoms with Crippen LogP contribution in [0.2, 0.25) is 0 Å². The largest absolute Gasteiger partial charge is 0.394 e. The van der Waals surface area contributed by atoms with Gasteiger partial charge in [-0.1, -0.05) is 49.6 Å². The van der Waals surface area contributed by atoms with Gasteiger partial charge in [0.2, 0.25) is 41.4 Å². The zero-order valence-electron chi connectivity index (χ0n) is 66.0. The highest BCUT2D eigenvalue weighted by Crippen LogP contribution is 2.34. The van der Waals surface area contributed by atoms with E-state index in [0.29, 0.717) is 57.8 Å². The second kappa shape index (κ2) is 51.7. The molecule has 6 saturated heterocycles. The molecule has 0 aliphatic carbocycles. The third-order valence-electron chi connectivity index (χ3n) is 20.7. The van der Waals surface area contributed by atoms with Crippen LogP contribution in [0.15, 0.2) is 30.3 Å². The molecule has 1 aromatic carbocycles. The molecular weight excluding hydrogens is 1610 g/mol. The number of amides is 7. The van der Waals surface area contributed by atoms with Crippen LogP contribution in [0.3, 0.4) is 0 Å². The van der Waals surface area contributed by atoms with Crippen molar-refractivity contribution in [2.45, 2.75) is 274 Å². The van der Waals surface area contributed by atoms with E-state index in [1.165, 1.54) is 4.90 Å². The molecule has 7 rings (SSSR count). The molecule has 6 heterocycles. The Kier molecular flexibility index (Phi) is 43.7. The third-order valence-corrected chi connectivity index (χ3v) is 20.7. The lowest BCUT2D eigenvalue weighted by Gasteiger charge is -2.46. The summed E-state index contributed by atoms with van der Waals surface area (Å²) in [4.78, 5) is 92.2. The number of rotatable bonds is 49. The van der Waals surface area contributed by atoms with E-state index in [9.17, 15) is 136 Å². The normalized spacial score (nSPS) is 35.0. The van der Waals surface area contributed by atoms with E-state index < -0.39 is 291 Å². The maximum absolute atomic E-state index is 13.4. The first-order valence-corrected chi connectivity index (χ1v) is 40.0. The van der Waals surface area contributed by atoms with Crippen LogP contribution in [-0.4, -0.2) is 444 Å². The standard InChI is InChI=1S/C73H122N8O39/c74-36(25-35-13-5-1-6-14-35)67(108)80-45(88)17-9-4-12-20-77-48(91)28-81(26-46(89)75-18-10-2-7-15-43(86)78-21-23-109-70-63(106)65(119-72-61(104)57(100)51(94)39(31-84)115-72)53(96)41(117-70)33-111-68-59(102)55(98)49(92)37(29-82)113-68)27-47(90)76-19-11-3-8-16-44(87)79-22-24-110-71-64(107)66(120-73-62(105)58(101)52(95)40(32-85)116-73)54(97)42(118-71)34-112-69-60(103)56(99)50(93)38(30-83)114-69/h1,5-6,13-14,36-42,49-66,68-73,82-85,92-107H,2-4,7-12,15-34,74H2,(H,75,89)(H,76,90)(H,77,91)(H,78,86)(H,79,87)(H,80,88,108)/t36-,37+,38?,39+,40+,41+,42+,49+,50+,51+,52+,53+,54+,55-,56-,57-,58-,59-,60-,61-,62-,63-,64-,65?,66-,68-,69-,70-,71-,72+,73+/m0/s1. The highest BCUT2D eigenvalue weighted by Gasteiger charge is 2.55. The monoisotopic (exact) mass is 1730 g/mol. The molecule has 1 aromatic rings. The number of unbranched alkanes of at least 4 members (excludes halogenated alkanes) is 6. The van der Waals surface area contributed by atoms with Crippen molar-refractivity contribution in [3.05, 3.63) is 35.9 Å². The number of nitrogens with one attached hydrogen (secondary N) is 6. The van der Waals surface area contributed by atoms with Crippen LogP contribution < -0.4 is 37.6 Å². The number of nitrogens with zero attached hydrogens (tertiary/aromatic N) is 1. The van der Waals surface area contributed by atoms with E-state index in [4.69, 9.17) is 62.6 Å². The summed E-state index contributed by atoms with van der Waals surface area (Å²) >= 11 is 0. The number of imide groups is 1. The Hall–Kier alpha value is -5.65. The Morgan fingerprint density at radius 1 is 0.342 bits per heavy atom. The van der Waals surface area contributed by atoms with Crippen LogP contribution in [0.5, 0.6) is 0 Å². The first-order chi connectivity index (χ1) is 57.3. The first-order valence-electron chi connectivity index (χ1n) is 40.0. The fourth-order valence-electron chi connectivity index (χ4n) is 13.7. The zero-order valence-corrected chi connectivity index (χ0v) is 66.0. The summed E-state index contributed by atoms with van der Waals surface area (Å²) in [6, 6.07) is 8.11. The van der Waals surface area contributed by atoms with Gasteiger partial charge in [-0.2, -0.15) is 0 Å². The van der Waals surface area contributed by atoms with Crippen molar-refractivity contribution in [1.29, 1.82) is 0 Å². The topological polar surface area (TPSA) is 736 Å². The highest BCUT2D eigenvalue weighted by molar-refractivity contribution is 5.97. The number of aliphatic hydroxyl groups excluding tert-OH is 20. The van der Waals surface area contributed by atoms with Crippen LogP contribution in [0.25, 0.3) is 0 Å². The lowest BCUT2D eigenvalue weighted by Crippen LogP contribution is -2.65. The SMILES string of the molecule is N[C@@H](Cc1ccccc1)C(=O)NC(=O)CCCCCNC(=O)CN(CC(=O)NCCCCCC(=O)NCCO[C@H]1O[C@H](CO[C@H]2OC(CO)[C@@H](O)[C@H](O)[C@@H]2O)[C@@H](O)[C@H](O[C@H]2O[C@H](CO)[C@@H](O)[C@H](O)[C@@H]2O)[C@@H]1O)CC(=O)NCCCCCC(=O)NCCO[C@H]1O[C@H](CO[C@H]2O[C@H](CO)[C@@H](O)[C@H](O)[C@@H]2O)[C@@H](O)C(O[C@H]2O[C@H](CO)[C@@H](O)[C@H](O)[C@@H]2O)[C@@H]1O. The minimum absolute atomic E-state index is 0.00647. The summed E-state index contributed by atoms with van der Waals surface area (Å²) in [6.45, 7) is -6.45. The second-order valence-corrected chi connectivity index (χ2v) is 30.0. The van der Waals surface area contributed by atoms with Crippen molar-refractivity contribution in [1.82, 2.24) is 36.8 Å². The molecular formula is C73H122N8O39. The number of hydrogen-bond donors (Lipinski definition) is 27. The van der Waals surface area contributed by atoms with E-state index in [1.807, 2.05) is 18.2 Å². The summed E-state index contributed by atoms with van der Waals surface area (Å²) < 4.78 is 67.1. The summed E-state index contributed by atoms with van der Waals surface area (Å²) in [5.41, 5.74) is 6.83. The molecule has 47 nitrogen and oxygen atoms in total. The molecule has 6 aliphatic rings. The van der Waals surface area contributed by atoms with Gasteiger partial charge in [-0.05, 0) is 50.5 Å². The molecule has 0 spiro atoms. The molecule has 31 atom stereocenters. The molecule has 6 fully saturated rings. The van der Waals surface area contributed by atoms with Crippen LogP contribution in [0.4, 0.5) is 0 Å². The molecule has 120 heavy (non-hydrogen) atoms. The second-order valence-electron chi connectivity index (χ2n) is 30.0. The van der Waals surface area contributed by atoms with Crippen molar-refractivity contribution < 1.29 is 193 Å². The molecule has 0 bridgehead atoms. The average molecular weight is 1740 g/mol. The van der Waals surface area contributed by atoms with Gasteiger partial charge in [0.05, 0.1) is 78.5 Å². The first kappa shape index (κ1) is 101. The van der Waals surface area contributed by atoms with Gasteiger partial charge >= 0.3 is 0 Å². The van der Waals surface area contributed by atoms with Crippen LogP contribution in [0, 0.1) is 0 Å². The van der Waals surface area contributed by atoms with Gasteiger partial charge in [0.25, 0.3) is 0 Å². The molecule has 6 aliphatic heterocycles. The third kappa shape index (κ3) is 30.6. The van der Waals surface area contributed by atoms with E-state index in [0.717, 1.165) is 5.56 Å². The molecule has 0 radical (unpaired) electrons. The molecule has 2 unspecified atom stereocenters. The number of carbonyl (C=O) groups is 7. The van der Waals surface area contributed by atoms with Gasteiger partial charge in [0, 0.05) is 52.0 Å². The molecule has 0 aromatic heterocycles. The summed E-state index contributed by atoms with van der Waals surface area (Å²) in [5.74, 6) is -3.60. The van der Waals surface area contributed by atoms with Crippen molar-refractivity contribution in [2.24, 2.45) is 5.73 Å². The Balaban J connectivity index is 0.830. The Morgan fingerprint density at radius 2 is 0.650 bits per heavy atom. The van der Waals surface area contributed by atoms with Crippen LogP contribution in [-0.2, 0) is 96.8 Å². The van der Waals surface area contributed by atoms with Gasteiger partial charge in [0.1, 0.15) is 146 Å². The van der Waals surface area contributed by atoms with Gasteiger partial charge in [-0.25, -0.2) is 0 Å². The van der Waals surface area contributed by atoms with Gasteiger partial charge in [-0.15, -0.1) is 0 Å². The number of benzene rings is 1. The summed E-state index contributed by atoms with van der Waals surface area (Å²) in [5, 5.41) is 225. The summed E-state index contributed by atoms with van der Waals surface area (Å²) in [6.07, 6.45) is -48.8. The minimum atomic E-state index is -1.98. The fourth-order valence-corrected chi connectivity index (χ4v) is 13.7. The average Bonchev–Trinajstić information content (AvgIpc) is 0.785. The summed E-state index contributed by atoms with van der Waals surface area (Å²) in [7, 11) is 0. The zero-order chi connectivity index (χ0) is 87.9. The number of aliphatic hydroxyl groups is 20. The molecule has 28 N–H and O–H groups in total. The Bertz CT molecular complexity index is 3050. The molecule has 0 saturated carbocycles. The molecule has 47 heteroatoms. The Labute approximate surface area is 689 Å². The number of nitrogens with two attached hydrogens (primary N) is 1. The highest BCUT2D eigenvalue weighted by atomic mass is 16.8. The van der Waals surface area contributed by atoms with E-state index in [-0.39, 0.29) is 71.6 Å². The fraction of sp³-hybridized carbons (Fsp3) is 0.822. The molecule has 688 valence electrons. The maximum Gasteiger partial charge on any atom is 0.243 e. The predicted molar refractivity (Wildman–Crippen MR) is 398 cm³/mol. The Morgan fingerprint density at radius 3 is 1.00 bits per heavy atom. The van der Waals surface area contributed by atoms with E-state index in [2.05, 4.69) is 31.9 Å². The van der Waals surface area contributed by atoms with Crippen molar-refractivity contribution >= 4 is 41.4 Å². The lowest BCUT2D eigenvalue weighted by molar-refractivity contribution is -0.366.